The summed E-state index contributed by atoms with van der Waals surface area (Å²) in [6, 6.07) is 6.46. The van der Waals surface area contributed by atoms with Crippen molar-refractivity contribution in [3.8, 4) is 5.75 Å². The van der Waals surface area contributed by atoms with Crippen molar-refractivity contribution in [2.45, 2.75) is 20.3 Å². The number of Topliss-reactive ketones (excluding diaryl/α,β-unsaturated/α-hetero) is 1. The van der Waals surface area contributed by atoms with E-state index in [-0.39, 0.29) is 8.03 Å². The van der Waals surface area contributed by atoms with Crippen LogP contribution in [0.15, 0.2) is 24.3 Å². The molecular formula is C13H18O4. The molecule has 17 heavy (non-hydrogen) atoms. The maximum atomic E-state index is 11.5. The predicted octanol–water partition coefficient (Wildman–Crippen LogP) is 2.47. The van der Waals surface area contributed by atoms with Crippen LogP contribution in [0.5, 0.6) is 5.75 Å². The molecule has 4 heteroatoms. The van der Waals surface area contributed by atoms with E-state index in [2.05, 4.69) is 4.74 Å². The number of hydrogen-bond donors (Lipinski definition) is 0. The molecule has 0 amide bonds. The van der Waals surface area contributed by atoms with Crippen molar-refractivity contribution in [2.75, 3.05) is 13.2 Å². The second kappa shape index (κ2) is 6.68. The zero-order valence-electron chi connectivity index (χ0n) is 10.1. The average molecular weight is 238 g/mol. The molecule has 0 saturated heterocycles. The average Bonchev–Trinajstić information content (AvgIpc) is 2.36. The largest absolute Gasteiger partial charge is 0.494 e. The molecule has 0 atom stereocenters. The van der Waals surface area contributed by atoms with Crippen LogP contribution in [0, 0.1) is 0 Å². The van der Waals surface area contributed by atoms with Crippen LogP contribution in [0.2, 0.25) is 0 Å². The summed E-state index contributed by atoms with van der Waals surface area (Å²) in [4.78, 5) is 22.7. The lowest BCUT2D eigenvalue weighted by Gasteiger charge is -2.05. The molecule has 0 aromatic heterocycles. The van der Waals surface area contributed by atoms with E-state index >= 15 is 0 Å². The van der Waals surface area contributed by atoms with E-state index in [9.17, 15) is 9.59 Å². The van der Waals surface area contributed by atoms with E-state index in [1.54, 1.807) is 31.2 Å². The van der Waals surface area contributed by atoms with Gasteiger partial charge in [-0.25, -0.2) is 4.79 Å². The summed E-state index contributed by atoms with van der Waals surface area (Å²) in [6.07, 6.45) is 0.920. The SMILES string of the molecule is CCCOc1ccc(C(=O)C(=O)OCC)cc1.[HH]. The lowest BCUT2D eigenvalue weighted by molar-refractivity contribution is -0.137. The van der Waals surface area contributed by atoms with Crippen molar-refractivity contribution in [2.24, 2.45) is 0 Å². The van der Waals surface area contributed by atoms with Crippen LogP contribution in [0.3, 0.4) is 0 Å². The molecule has 0 aliphatic rings. The van der Waals surface area contributed by atoms with Gasteiger partial charge in [0.05, 0.1) is 13.2 Å². The molecule has 0 saturated carbocycles. The monoisotopic (exact) mass is 238 g/mol. The number of benzene rings is 1. The predicted molar refractivity (Wildman–Crippen MR) is 65.3 cm³/mol. The van der Waals surface area contributed by atoms with E-state index in [0.717, 1.165) is 6.42 Å². The van der Waals surface area contributed by atoms with Gasteiger partial charge in [-0.2, -0.15) is 0 Å². The van der Waals surface area contributed by atoms with E-state index in [0.29, 0.717) is 17.9 Å². The first-order chi connectivity index (χ1) is 8.19. The van der Waals surface area contributed by atoms with Gasteiger partial charge < -0.3 is 9.47 Å². The van der Waals surface area contributed by atoms with Crippen LogP contribution in [0.25, 0.3) is 0 Å². The van der Waals surface area contributed by atoms with Gasteiger partial charge in [-0.3, -0.25) is 4.79 Å². The summed E-state index contributed by atoms with van der Waals surface area (Å²) in [5, 5.41) is 0. The molecule has 94 valence electrons. The quantitative estimate of drug-likeness (QED) is 0.434. The normalized spacial score (nSPS) is 9.76. The Balaban J connectivity index is 0.00000289. The second-order valence-corrected chi connectivity index (χ2v) is 3.42. The molecule has 0 radical (unpaired) electrons. The van der Waals surface area contributed by atoms with Gasteiger partial charge in [-0.15, -0.1) is 0 Å². The molecule has 1 rings (SSSR count). The first-order valence-electron chi connectivity index (χ1n) is 5.63. The van der Waals surface area contributed by atoms with Crippen molar-refractivity contribution in [1.82, 2.24) is 0 Å². The minimum Gasteiger partial charge on any atom is -0.494 e. The number of rotatable bonds is 6. The molecule has 0 bridgehead atoms. The minimum atomic E-state index is -0.824. The number of ether oxygens (including phenoxy) is 2. The Morgan fingerprint density at radius 3 is 2.35 bits per heavy atom. The fraction of sp³-hybridized carbons (Fsp3) is 0.385. The fourth-order valence-corrected chi connectivity index (χ4v) is 1.24. The van der Waals surface area contributed by atoms with Gasteiger partial charge in [0.25, 0.3) is 5.78 Å². The number of carbonyl (C=O) groups excluding carboxylic acids is 2. The molecular weight excluding hydrogens is 220 g/mol. The molecule has 0 fully saturated rings. The maximum absolute atomic E-state index is 11.5. The third-order valence-corrected chi connectivity index (χ3v) is 2.05. The van der Waals surface area contributed by atoms with Gasteiger partial charge in [0.2, 0.25) is 0 Å². The Kier molecular flexibility index (Phi) is 5.20. The summed E-state index contributed by atoms with van der Waals surface area (Å²) in [7, 11) is 0. The topological polar surface area (TPSA) is 52.6 Å². The lowest BCUT2D eigenvalue weighted by Crippen LogP contribution is -2.17. The van der Waals surface area contributed by atoms with Gasteiger partial charge in [0.15, 0.2) is 0 Å². The molecule has 0 spiro atoms. The summed E-state index contributed by atoms with van der Waals surface area (Å²) in [5.74, 6) is -0.768. The van der Waals surface area contributed by atoms with Gasteiger partial charge in [0.1, 0.15) is 5.75 Å². The standard InChI is InChI=1S/C13H16O4.H2/c1-3-9-17-11-7-5-10(6-8-11)12(14)13(15)16-4-2;/h5-8H,3-4,9H2,1-2H3;1H. The Morgan fingerprint density at radius 2 is 1.82 bits per heavy atom. The van der Waals surface area contributed by atoms with Crippen LogP contribution in [-0.4, -0.2) is 25.0 Å². The molecule has 0 heterocycles. The van der Waals surface area contributed by atoms with E-state index < -0.39 is 11.8 Å². The van der Waals surface area contributed by atoms with Crippen molar-refractivity contribution in [1.29, 1.82) is 0 Å². The van der Waals surface area contributed by atoms with Crippen molar-refractivity contribution >= 4 is 11.8 Å². The van der Waals surface area contributed by atoms with Gasteiger partial charge >= 0.3 is 5.97 Å². The Hall–Kier alpha value is -1.84. The van der Waals surface area contributed by atoms with Crippen LogP contribution in [0.4, 0.5) is 0 Å². The molecule has 0 aliphatic heterocycles. The molecule has 4 nitrogen and oxygen atoms in total. The van der Waals surface area contributed by atoms with Crippen molar-refractivity contribution < 1.29 is 20.5 Å². The zero-order valence-corrected chi connectivity index (χ0v) is 10.1. The summed E-state index contributed by atoms with van der Waals surface area (Å²) < 4.78 is 10.0. The first kappa shape index (κ1) is 13.2. The molecule has 1 aromatic rings. The zero-order chi connectivity index (χ0) is 12.7. The first-order valence-corrected chi connectivity index (χ1v) is 5.63. The minimum absolute atomic E-state index is 0. The smallest absolute Gasteiger partial charge is 0.379 e. The van der Waals surface area contributed by atoms with E-state index in [4.69, 9.17) is 4.74 Å². The van der Waals surface area contributed by atoms with Gasteiger partial charge in [0, 0.05) is 6.99 Å². The van der Waals surface area contributed by atoms with E-state index in [1.165, 1.54) is 0 Å². The Bertz CT molecular complexity index is 386. The number of ketones is 1. The van der Waals surface area contributed by atoms with Crippen molar-refractivity contribution in [3.63, 3.8) is 0 Å². The molecule has 0 aliphatic carbocycles. The fourth-order valence-electron chi connectivity index (χ4n) is 1.24. The second-order valence-electron chi connectivity index (χ2n) is 3.42. The number of esters is 1. The maximum Gasteiger partial charge on any atom is 0.379 e. The highest BCUT2D eigenvalue weighted by atomic mass is 16.5. The third kappa shape index (κ3) is 3.90. The molecule has 1 aromatic carbocycles. The van der Waals surface area contributed by atoms with Crippen LogP contribution in [-0.2, 0) is 9.53 Å². The van der Waals surface area contributed by atoms with Gasteiger partial charge in [-0.1, -0.05) is 6.92 Å². The Morgan fingerprint density at radius 1 is 1.18 bits per heavy atom. The van der Waals surface area contributed by atoms with Crippen LogP contribution >= 0.6 is 0 Å². The molecule has 0 unspecified atom stereocenters. The summed E-state index contributed by atoms with van der Waals surface area (Å²) in [6.45, 7) is 4.50. The number of carbonyl (C=O) groups is 2. The summed E-state index contributed by atoms with van der Waals surface area (Å²) in [5.41, 5.74) is 0.312. The van der Waals surface area contributed by atoms with Gasteiger partial charge in [-0.05, 0) is 37.6 Å². The summed E-state index contributed by atoms with van der Waals surface area (Å²) >= 11 is 0. The van der Waals surface area contributed by atoms with Crippen molar-refractivity contribution in [3.05, 3.63) is 29.8 Å². The van der Waals surface area contributed by atoms with Crippen LogP contribution in [0.1, 0.15) is 32.1 Å². The van der Waals surface area contributed by atoms with Crippen LogP contribution < -0.4 is 4.74 Å². The Labute approximate surface area is 102 Å². The highest BCUT2D eigenvalue weighted by Gasteiger charge is 2.16. The number of hydrogen-bond acceptors (Lipinski definition) is 4. The third-order valence-electron chi connectivity index (χ3n) is 2.05. The highest BCUT2D eigenvalue weighted by molar-refractivity contribution is 6.40. The highest BCUT2D eigenvalue weighted by Crippen LogP contribution is 2.13. The van der Waals surface area contributed by atoms with E-state index in [1.807, 2.05) is 6.92 Å². The molecule has 0 N–H and O–H groups in total. The lowest BCUT2D eigenvalue weighted by atomic mass is 10.1.